The van der Waals surface area contributed by atoms with Gasteiger partial charge in [-0.2, -0.15) is 40.1 Å². The molecule has 270 valence electrons. The van der Waals surface area contributed by atoms with E-state index in [1.807, 2.05) is 19.1 Å². The Labute approximate surface area is 294 Å². The summed E-state index contributed by atoms with van der Waals surface area (Å²) >= 11 is 6.49. The van der Waals surface area contributed by atoms with Crippen molar-refractivity contribution >= 4 is 45.9 Å². The maximum atomic E-state index is 13.2. The Kier molecular flexibility index (Phi) is 10.9. The van der Waals surface area contributed by atoms with Crippen molar-refractivity contribution in [2.75, 3.05) is 23.8 Å². The first kappa shape index (κ1) is 37.5. The maximum absolute atomic E-state index is 13.2. The topological polar surface area (TPSA) is 93.9 Å². The molecule has 5 rings (SSSR count). The Hall–Kier alpha value is -4.78. The number of amidine groups is 1. The number of hydrogen-bond donors (Lipinski definition) is 1. The molecule has 0 bridgehead atoms. The van der Waals surface area contributed by atoms with Gasteiger partial charge in [-0.25, -0.2) is 9.67 Å². The van der Waals surface area contributed by atoms with Crippen LogP contribution in [-0.2, 0) is 4.79 Å². The zero-order chi connectivity index (χ0) is 37.1. The number of thioether (sulfide) groups is 1. The third kappa shape index (κ3) is 9.32. The quantitative estimate of drug-likeness (QED) is 0.129. The van der Waals surface area contributed by atoms with Crippen LogP contribution in [0.5, 0.6) is 11.5 Å². The molecule has 1 N–H and O–H groups in total. The van der Waals surface area contributed by atoms with E-state index >= 15 is 0 Å². The van der Waals surface area contributed by atoms with E-state index in [1.165, 1.54) is 40.2 Å². The molecule has 0 radical (unpaired) electrons. The zero-order valence-corrected chi connectivity index (χ0v) is 28.1. The van der Waals surface area contributed by atoms with Gasteiger partial charge in [0.2, 0.25) is 5.91 Å². The molecule has 9 nitrogen and oxygen atoms in total. The van der Waals surface area contributed by atoms with Crippen LogP contribution in [0.1, 0.15) is 24.0 Å². The SMILES string of the molecule is Cc1ccc(OCC(F)(F)F)c(N2C(=O)CSC2=NC(=S)NCC(C)c2ccc(-c3ncn(-c4ccc(OC(F)(F)C(F)(F)F)cc4)n3)cc2)c1. The smallest absolute Gasteiger partial charge is 0.482 e. The van der Waals surface area contributed by atoms with Gasteiger partial charge in [-0.15, -0.1) is 5.10 Å². The number of benzene rings is 3. The summed E-state index contributed by atoms with van der Waals surface area (Å²) in [6.45, 7) is 2.48. The van der Waals surface area contributed by atoms with Crippen LogP contribution in [0.3, 0.4) is 0 Å². The summed E-state index contributed by atoms with van der Waals surface area (Å²) < 4.78 is 112. The van der Waals surface area contributed by atoms with Gasteiger partial charge in [-0.05, 0) is 72.6 Å². The molecule has 1 saturated heterocycles. The fraction of sp³-hybridized carbons (Fsp3) is 0.281. The average molecular weight is 759 g/mol. The van der Waals surface area contributed by atoms with Crippen molar-refractivity contribution in [1.29, 1.82) is 0 Å². The monoisotopic (exact) mass is 758 g/mol. The van der Waals surface area contributed by atoms with Crippen molar-refractivity contribution in [3.63, 3.8) is 0 Å². The highest BCUT2D eigenvalue weighted by molar-refractivity contribution is 8.15. The van der Waals surface area contributed by atoms with Gasteiger partial charge < -0.3 is 14.8 Å². The van der Waals surface area contributed by atoms with Gasteiger partial charge in [-0.1, -0.05) is 49.0 Å². The molecule has 2 heterocycles. The average Bonchev–Trinajstić information content (AvgIpc) is 3.69. The largest absolute Gasteiger partial charge is 0.499 e. The number of hydrogen-bond acceptors (Lipinski definition) is 7. The van der Waals surface area contributed by atoms with Crippen molar-refractivity contribution in [3.05, 3.63) is 84.2 Å². The number of ether oxygens (including phenoxy) is 2. The fourth-order valence-electron chi connectivity index (χ4n) is 4.60. The van der Waals surface area contributed by atoms with E-state index < -0.39 is 36.7 Å². The van der Waals surface area contributed by atoms with Crippen LogP contribution in [0.15, 0.2) is 78.0 Å². The molecule has 4 aromatic rings. The number of carbonyl (C=O) groups is 1. The molecule has 0 spiro atoms. The Morgan fingerprint density at radius 2 is 1.71 bits per heavy atom. The molecule has 1 aliphatic rings. The van der Waals surface area contributed by atoms with Crippen molar-refractivity contribution in [1.82, 2.24) is 20.1 Å². The van der Waals surface area contributed by atoms with Gasteiger partial charge in [0.05, 0.1) is 17.1 Å². The Morgan fingerprint density at radius 1 is 1.02 bits per heavy atom. The van der Waals surface area contributed by atoms with Crippen LogP contribution < -0.4 is 19.7 Å². The number of amides is 1. The van der Waals surface area contributed by atoms with E-state index in [0.717, 1.165) is 29.5 Å². The lowest BCUT2D eigenvalue weighted by atomic mass is 10.00. The molecule has 51 heavy (non-hydrogen) atoms. The first-order valence-corrected chi connectivity index (χ1v) is 16.2. The normalized spacial score (nSPS) is 15.3. The Bertz CT molecular complexity index is 1920. The van der Waals surface area contributed by atoms with Gasteiger partial charge >= 0.3 is 18.5 Å². The number of nitrogens with zero attached hydrogens (tertiary/aromatic N) is 5. The second-order valence-corrected chi connectivity index (χ2v) is 12.4. The molecule has 3 aromatic carbocycles. The number of halogens is 8. The number of thiocarbonyl (C=S) groups is 1. The van der Waals surface area contributed by atoms with Gasteiger partial charge in [0.15, 0.2) is 22.7 Å². The van der Waals surface area contributed by atoms with Gasteiger partial charge in [0.25, 0.3) is 0 Å². The number of aromatic nitrogens is 3. The molecular weight excluding hydrogens is 733 g/mol. The predicted molar refractivity (Wildman–Crippen MR) is 178 cm³/mol. The second kappa shape index (κ2) is 14.8. The minimum atomic E-state index is -5.87. The van der Waals surface area contributed by atoms with Crippen molar-refractivity contribution in [3.8, 4) is 28.6 Å². The predicted octanol–water partition coefficient (Wildman–Crippen LogP) is 7.83. The molecular formula is C32H26F8N6O3S2. The minimum absolute atomic E-state index is 0.0120. The maximum Gasteiger partial charge on any atom is 0.499 e. The molecule has 1 aliphatic heterocycles. The summed E-state index contributed by atoms with van der Waals surface area (Å²) in [6.07, 6.45) is -14.4. The number of anilines is 1. The first-order valence-electron chi connectivity index (χ1n) is 14.8. The zero-order valence-electron chi connectivity index (χ0n) is 26.4. The van der Waals surface area contributed by atoms with Gasteiger partial charge in [0, 0.05) is 12.1 Å². The minimum Gasteiger partial charge on any atom is -0.482 e. The molecule has 19 heteroatoms. The summed E-state index contributed by atoms with van der Waals surface area (Å²) in [5.41, 5.74) is 2.71. The lowest BCUT2D eigenvalue weighted by Crippen LogP contribution is -2.41. The van der Waals surface area contributed by atoms with E-state index in [2.05, 4.69) is 25.1 Å². The van der Waals surface area contributed by atoms with E-state index in [4.69, 9.17) is 17.0 Å². The standard InChI is InChI=1S/C32H26F8N6O3S2/c1-18-3-12-25(48-16-30(33,34)35)24(13-18)46-26(47)15-51-29(46)43-28(50)41-14-19(2)20-4-6-21(7-5-20)27-42-17-45(44-27)22-8-10-23(11-9-22)49-32(39,40)31(36,37)38/h3-13,17,19H,14-16H2,1-2H3,(H,41,50). The molecule has 1 atom stereocenters. The highest BCUT2D eigenvalue weighted by Gasteiger charge is 2.61. The summed E-state index contributed by atoms with van der Waals surface area (Å²) in [7, 11) is 0. The lowest BCUT2D eigenvalue weighted by Gasteiger charge is -2.21. The van der Waals surface area contributed by atoms with Crippen LogP contribution in [0.25, 0.3) is 17.1 Å². The summed E-state index contributed by atoms with van der Waals surface area (Å²) in [5, 5.41) is 7.64. The third-order valence-electron chi connectivity index (χ3n) is 7.18. The van der Waals surface area contributed by atoms with E-state index in [1.54, 1.807) is 25.1 Å². The van der Waals surface area contributed by atoms with Gasteiger partial charge in [0.1, 0.15) is 17.8 Å². The second-order valence-electron chi connectivity index (χ2n) is 11.1. The third-order valence-corrected chi connectivity index (χ3v) is 8.33. The number of carbonyl (C=O) groups excluding carboxylic acids is 1. The number of rotatable bonds is 10. The van der Waals surface area contributed by atoms with Gasteiger partial charge in [-0.3, -0.25) is 9.69 Å². The van der Waals surface area contributed by atoms with Crippen LogP contribution >= 0.6 is 24.0 Å². The number of aryl methyl sites for hydroxylation is 1. The molecule has 1 amide bonds. The summed E-state index contributed by atoms with van der Waals surface area (Å²) in [6, 6.07) is 16.1. The van der Waals surface area contributed by atoms with Crippen LogP contribution in [-0.4, -0.2) is 68.3 Å². The lowest BCUT2D eigenvalue weighted by molar-refractivity contribution is -0.360. The van der Waals surface area contributed by atoms with Crippen LogP contribution in [0.2, 0.25) is 0 Å². The van der Waals surface area contributed by atoms with E-state index in [0.29, 0.717) is 29.2 Å². The first-order chi connectivity index (χ1) is 23.9. The summed E-state index contributed by atoms with van der Waals surface area (Å²) in [4.78, 5) is 22.6. The fourth-order valence-corrected chi connectivity index (χ4v) is 5.70. The van der Waals surface area contributed by atoms with E-state index in [9.17, 15) is 39.9 Å². The number of alkyl halides is 8. The molecule has 0 saturated carbocycles. The molecule has 1 aromatic heterocycles. The van der Waals surface area contributed by atoms with E-state index in [-0.39, 0.29) is 33.4 Å². The molecule has 0 aliphatic carbocycles. The highest BCUT2D eigenvalue weighted by Crippen LogP contribution is 2.38. The molecule has 1 fully saturated rings. The number of aliphatic imine (C=N–C) groups is 1. The van der Waals surface area contributed by atoms with Crippen molar-refractivity contribution in [2.45, 2.75) is 38.2 Å². The van der Waals surface area contributed by atoms with Crippen molar-refractivity contribution in [2.24, 2.45) is 4.99 Å². The van der Waals surface area contributed by atoms with Crippen LogP contribution in [0, 0.1) is 6.92 Å². The van der Waals surface area contributed by atoms with Crippen LogP contribution in [0.4, 0.5) is 40.8 Å². The summed E-state index contributed by atoms with van der Waals surface area (Å²) in [5.74, 6) is -0.948. The Balaban J connectivity index is 1.20. The Morgan fingerprint density at radius 3 is 2.35 bits per heavy atom. The van der Waals surface area contributed by atoms with Crippen molar-refractivity contribution < 1.29 is 49.4 Å². The highest BCUT2D eigenvalue weighted by atomic mass is 32.2. The molecule has 1 unspecified atom stereocenters. The number of nitrogens with one attached hydrogen (secondary N) is 1.